The molecule has 0 saturated heterocycles. The Morgan fingerprint density at radius 1 is 1.58 bits per heavy atom. The van der Waals surface area contributed by atoms with Gasteiger partial charge in [-0.05, 0) is 6.07 Å². The quantitative estimate of drug-likeness (QED) is 0.450. The molecule has 0 radical (unpaired) electrons. The van der Waals surface area contributed by atoms with E-state index in [1.54, 1.807) is 0 Å². The minimum Gasteiger partial charge on any atom is -0.491 e. The van der Waals surface area contributed by atoms with Gasteiger partial charge in [-0.15, -0.1) is 0 Å². The lowest BCUT2D eigenvalue weighted by Crippen LogP contribution is -2.32. The fourth-order valence-corrected chi connectivity index (χ4v) is 0.779. The van der Waals surface area contributed by atoms with Gasteiger partial charge in [0.05, 0.1) is 7.11 Å². The molecular formula is C6H8BNO4. The van der Waals surface area contributed by atoms with Gasteiger partial charge in [0.25, 0.3) is 5.56 Å². The summed E-state index contributed by atoms with van der Waals surface area (Å²) in [5, 5.41) is 17.4. The number of nitrogens with one attached hydrogen (secondary N) is 1. The van der Waals surface area contributed by atoms with Crippen molar-refractivity contribution in [3.05, 3.63) is 22.6 Å². The number of aromatic amines is 1. The molecule has 0 bridgehead atoms. The molecule has 0 aliphatic heterocycles. The largest absolute Gasteiger partial charge is 0.491 e. The molecule has 0 aromatic carbocycles. The van der Waals surface area contributed by atoms with Crippen LogP contribution in [0.4, 0.5) is 0 Å². The van der Waals surface area contributed by atoms with Crippen LogP contribution < -0.4 is 15.8 Å². The normalized spacial score (nSPS) is 9.58. The van der Waals surface area contributed by atoms with Crippen LogP contribution in [0.25, 0.3) is 0 Å². The Kier molecular flexibility index (Phi) is 2.52. The van der Waals surface area contributed by atoms with Gasteiger partial charge >= 0.3 is 7.12 Å². The number of hydrogen-bond donors (Lipinski definition) is 3. The van der Waals surface area contributed by atoms with Crippen LogP contribution in [-0.4, -0.2) is 29.3 Å². The minimum absolute atomic E-state index is 0.0561. The topological polar surface area (TPSA) is 82.5 Å². The molecule has 6 heteroatoms. The third kappa shape index (κ3) is 1.66. The van der Waals surface area contributed by atoms with Gasteiger partial charge in [-0.3, -0.25) is 4.79 Å². The van der Waals surface area contributed by atoms with Gasteiger partial charge in [0.15, 0.2) is 5.75 Å². The third-order valence-corrected chi connectivity index (χ3v) is 1.41. The second-order valence-corrected chi connectivity index (χ2v) is 2.20. The van der Waals surface area contributed by atoms with Gasteiger partial charge in [-0.2, -0.15) is 0 Å². The Morgan fingerprint density at radius 2 is 2.25 bits per heavy atom. The zero-order chi connectivity index (χ0) is 9.14. The van der Waals surface area contributed by atoms with Crippen molar-refractivity contribution >= 4 is 12.6 Å². The molecule has 0 unspecified atom stereocenters. The van der Waals surface area contributed by atoms with E-state index in [4.69, 9.17) is 10.0 Å². The van der Waals surface area contributed by atoms with Crippen LogP contribution in [0.5, 0.6) is 5.75 Å². The lowest BCUT2D eigenvalue weighted by molar-refractivity contribution is 0.406. The predicted octanol–water partition coefficient (Wildman–Crippen LogP) is -1.94. The van der Waals surface area contributed by atoms with Gasteiger partial charge in [0, 0.05) is 11.7 Å². The Hall–Kier alpha value is -1.27. The first kappa shape index (κ1) is 8.83. The Morgan fingerprint density at radius 3 is 2.75 bits per heavy atom. The highest BCUT2D eigenvalue weighted by atomic mass is 16.5. The van der Waals surface area contributed by atoms with E-state index in [-0.39, 0.29) is 11.2 Å². The third-order valence-electron chi connectivity index (χ3n) is 1.41. The lowest BCUT2D eigenvalue weighted by atomic mass is 9.82. The fraction of sp³-hybridized carbons (Fsp3) is 0.167. The van der Waals surface area contributed by atoms with E-state index in [1.165, 1.54) is 19.4 Å². The molecule has 1 aromatic rings. The summed E-state index contributed by atoms with van der Waals surface area (Å²) >= 11 is 0. The van der Waals surface area contributed by atoms with Crippen LogP contribution in [0, 0.1) is 0 Å². The van der Waals surface area contributed by atoms with E-state index >= 15 is 0 Å². The number of rotatable bonds is 2. The number of pyridine rings is 1. The maximum atomic E-state index is 10.9. The summed E-state index contributed by atoms with van der Waals surface area (Å²) in [6.07, 6.45) is 1.22. The van der Waals surface area contributed by atoms with Gasteiger partial charge in [0.2, 0.25) is 0 Å². The first-order chi connectivity index (χ1) is 5.65. The van der Waals surface area contributed by atoms with Crippen LogP contribution in [-0.2, 0) is 0 Å². The van der Waals surface area contributed by atoms with Crippen molar-refractivity contribution in [1.82, 2.24) is 4.98 Å². The minimum atomic E-state index is -1.60. The summed E-state index contributed by atoms with van der Waals surface area (Å²) in [6.45, 7) is 0. The number of aromatic nitrogens is 1. The highest BCUT2D eigenvalue weighted by Crippen LogP contribution is 1.95. The molecule has 12 heavy (non-hydrogen) atoms. The molecule has 1 rings (SSSR count). The molecule has 0 fully saturated rings. The highest BCUT2D eigenvalue weighted by molar-refractivity contribution is 6.58. The maximum Gasteiger partial charge on any atom is 0.490 e. The molecule has 0 aliphatic rings. The summed E-state index contributed by atoms with van der Waals surface area (Å²) < 4.78 is 4.67. The number of methoxy groups -OCH3 is 1. The van der Waals surface area contributed by atoms with Gasteiger partial charge in [-0.1, -0.05) is 0 Å². The van der Waals surface area contributed by atoms with E-state index in [9.17, 15) is 4.79 Å². The highest BCUT2D eigenvalue weighted by Gasteiger charge is 2.12. The second kappa shape index (κ2) is 3.42. The molecule has 64 valence electrons. The molecule has 0 amide bonds. The van der Waals surface area contributed by atoms with Crippen molar-refractivity contribution < 1.29 is 14.8 Å². The summed E-state index contributed by atoms with van der Waals surface area (Å²) in [5.74, 6) is 0.0561. The molecular weight excluding hydrogens is 161 g/mol. The molecule has 5 nitrogen and oxygen atoms in total. The van der Waals surface area contributed by atoms with Crippen LogP contribution in [0.2, 0.25) is 0 Å². The summed E-state index contributed by atoms with van der Waals surface area (Å²) in [7, 11) is -0.270. The number of ether oxygens (including phenoxy) is 1. The molecule has 0 saturated carbocycles. The first-order valence-electron chi connectivity index (χ1n) is 3.28. The van der Waals surface area contributed by atoms with Crippen molar-refractivity contribution in [3.8, 4) is 5.75 Å². The zero-order valence-corrected chi connectivity index (χ0v) is 6.44. The summed E-state index contributed by atoms with van der Waals surface area (Å²) in [5.41, 5.74) is -0.214. The maximum absolute atomic E-state index is 10.9. The van der Waals surface area contributed by atoms with Crippen molar-refractivity contribution in [2.45, 2.75) is 0 Å². The molecule has 0 atom stereocenters. The van der Waals surface area contributed by atoms with Crippen LogP contribution in [0.3, 0.4) is 0 Å². The zero-order valence-electron chi connectivity index (χ0n) is 6.44. The van der Waals surface area contributed by atoms with E-state index in [1.807, 2.05) is 0 Å². The lowest BCUT2D eigenvalue weighted by Gasteiger charge is -2.01. The van der Waals surface area contributed by atoms with Crippen molar-refractivity contribution in [2.75, 3.05) is 7.11 Å². The van der Waals surface area contributed by atoms with E-state index in [0.29, 0.717) is 0 Å². The molecule has 1 aromatic heterocycles. The monoisotopic (exact) mass is 169 g/mol. The predicted molar refractivity (Wildman–Crippen MR) is 43.4 cm³/mol. The van der Waals surface area contributed by atoms with E-state index < -0.39 is 12.7 Å². The molecule has 3 N–H and O–H groups in total. The Bertz CT molecular complexity index is 322. The smallest absolute Gasteiger partial charge is 0.490 e. The number of H-pyrrole nitrogens is 1. The molecule has 1 heterocycles. The summed E-state index contributed by atoms with van der Waals surface area (Å²) in [4.78, 5) is 13.2. The average molecular weight is 169 g/mol. The van der Waals surface area contributed by atoms with Gasteiger partial charge < -0.3 is 19.8 Å². The van der Waals surface area contributed by atoms with E-state index in [2.05, 4.69) is 9.72 Å². The molecule has 0 spiro atoms. The fourth-order valence-electron chi connectivity index (χ4n) is 0.779. The van der Waals surface area contributed by atoms with Crippen molar-refractivity contribution in [2.24, 2.45) is 0 Å². The van der Waals surface area contributed by atoms with Gasteiger partial charge in [0.1, 0.15) is 0 Å². The van der Waals surface area contributed by atoms with Gasteiger partial charge in [-0.25, -0.2) is 0 Å². The van der Waals surface area contributed by atoms with Crippen molar-refractivity contribution in [3.63, 3.8) is 0 Å². The molecule has 0 aliphatic carbocycles. The van der Waals surface area contributed by atoms with Crippen LogP contribution in [0.15, 0.2) is 17.1 Å². The van der Waals surface area contributed by atoms with Crippen LogP contribution >= 0.6 is 0 Å². The SMILES string of the molecule is COc1cc(B(O)O)c[nH]c1=O. The standard InChI is InChI=1S/C6H8BNO4/c1-12-5-2-4(7(10)11)3-8-6(5)9/h2-3,10-11H,1H3,(H,8,9). The van der Waals surface area contributed by atoms with E-state index in [0.717, 1.165) is 0 Å². The first-order valence-corrected chi connectivity index (χ1v) is 3.28. The van der Waals surface area contributed by atoms with Crippen LogP contribution in [0.1, 0.15) is 0 Å². The van der Waals surface area contributed by atoms with Crippen molar-refractivity contribution in [1.29, 1.82) is 0 Å². The summed E-state index contributed by atoms with van der Waals surface area (Å²) in [6, 6.07) is 1.27. The average Bonchev–Trinajstić information content (AvgIpc) is 2.05. The second-order valence-electron chi connectivity index (χ2n) is 2.20. The Balaban J connectivity index is 3.14. The number of hydrogen-bond acceptors (Lipinski definition) is 4. The Labute approximate surface area is 68.8 Å².